The molecule has 0 bridgehead atoms. The quantitative estimate of drug-likeness (QED) is 0.385. The molecule has 1 heterocycles. The van der Waals surface area contributed by atoms with Crippen LogP contribution in [0.4, 0.5) is 0 Å². The maximum atomic E-state index is 12.1. The zero-order valence-corrected chi connectivity index (χ0v) is 18.2. The van der Waals surface area contributed by atoms with E-state index in [1.807, 2.05) is 52.0 Å². The van der Waals surface area contributed by atoms with Gasteiger partial charge in [0, 0.05) is 6.54 Å². The number of nitrogens with zero attached hydrogens (tertiary/aromatic N) is 1. The first-order valence-corrected chi connectivity index (χ1v) is 10.3. The standard InChI is InChI=1S/C22H32N4O4/c1-5-23-22(25-15-21(27)24-14-18-9-8-12-30-18)26-16(4)17-10-11-19(28-6-2)20(13-17)29-7-3/h8-13,16H,5-7,14-15H2,1-4H3,(H,24,27)(H2,23,25,26). The smallest absolute Gasteiger partial charge is 0.242 e. The maximum absolute atomic E-state index is 12.1. The number of guanidine groups is 1. The molecule has 1 unspecified atom stereocenters. The van der Waals surface area contributed by atoms with Gasteiger partial charge in [0.2, 0.25) is 5.91 Å². The number of ether oxygens (including phenoxy) is 2. The maximum Gasteiger partial charge on any atom is 0.242 e. The number of hydrogen-bond donors (Lipinski definition) is 3. The summed E-state index contributed by atoms with van der Waals surface area (Å²) in [5.41, 5.74) is 1.02. The van der Waals surface area contributed by atoms with E-state index in [1.165, 1.54) is 0 Å². The number of amides is 1. The normalized spacial score (nSPS) is 12.2. The summed E-state index contributed by atoms with van der Waals surface area (Å²) in [4.78, 5) is 16.5. The zero-order valence-electron chi connectivity index (χ0n) is 18.2. The van der Waals surface area contributed by atoms with Gasteiger partial charge in [-0.1, -0.05) is 6.07 Å². The Hall–Kier alpha value is -3.16. The molecule has 0 aliphatic heterocycles. The van der Waals surface area contributed by atoms with Crippen LogP contribution in [0.25, 0.3) is 0 Å². The van der Waals surface area contributed by atoms with Crippen LogP contribution >= 0.6 is 0 Å². The van der Waals surface area contributed by atoms with Crippen LogP contribution < -0.4 is 25.4 Å². The fourth-order valence-electron chi connectivity index (χ4n) is 2.75. The van der Waals surface area contributed by atoms with E-state index in [2.05, 4.69) is 20.9 Å². The molecule has 1 aromatic heterocycles. The van der Waals surface area contributed by atoms with E-state index >= 15 is 0 Å². The van der Waals surface area contributed by atoms with Gasteiger partial charge >= 0.3 is 0 Å². The van der Waals surface area contributed by atoms with E-state index in [-0.39, 0.29) is 18.5 Å². The van der Waals surface area contributed by atoms with Crippen molar-refractivity contribution in [3.05, 3.63) is 47.9 Å². The second-order valence-corrected chi connectivity index (χ2v) is 6.49. The van der Waals surface area contributed by atoms with Crippen LogP contribution in [-0.4, -0.2) is 38.2 Å². The fraction of sp³-hybridized carbons (Fsp3) is 0.455. The molecule has 0 aliphatic carbocycles. The highest BCUT2D eigenvalue weighted by molar-refractivity contribution is 5.85. The van der Waals surface area contributed by atoms with Gasteiger partial charge in [0.15, 0.2) is 17.5 Å². The molecule has 0 spiro atoms. The number of carbonyl (C=O) groups is 1. The molecule has 2 aromatic rings. The topological polar surface area (TPSA) is 97.1 Å². The van der Waals surface area contributed by atoms with E-state index in [0.29, 0.717) is 43.8 Å². The van der Waals surface area contributed by atoms with E-state index in [1.54, 1.807) is 12.3 Å². The molecule has 1 amide bonds. The van der Waals surface area contributed by atoms with Crippen LogP contribution in [0.15, 0.2) is 46.0 Å². The molecule has 30 heavy (non-hydrogen) atoms. The number of aliphatic imine (C=N–C) groups is 1. The van der Waals surface area contributed by atoms with Crippen molar-refractivity contribution in [3.8, 4) is 11.5 Å². The van der Waals surface area contributed by atoms with E-state index in [9.17, 15) is 4.79 Å². The van der Waals surface area contributed by atoms with E-state index in [4.69, 9.17) is 13.9 Å². The Balaban J connectivity index is 1.99. The molecule has 8 heteroatoms. The SMILES string of the molecule is CCNC(=NCC(=O)NCc1ccco1)NC(C)c1ccc(OCC)c(OCC)c1. The molecule has 0 aliphatic rings. The van der Waals surface area contributed by atoms with Crippen molar-refractivity contribution < 1.29 is 18.7 Å². The van der Waals surface area contributed by atoms with Gasteiger partial charge in [-0.3, -0.25) is 4.79 Å². The largest absolute Gasteiger partial charge is 0.490 e. The van der Waals surface area contributed by atoms with Gasteiger partial charge in [-0.15, -0.1) is 0 Å². The lowest BCUT2D eigenvalue weighted by Crippen LogP contribution is -2.39. The Bertz CT molecular complexity index is 805. The molecule has 164 valence electrons. The molecule has 8 nitrogen and oxygen atoms in total. The van der Waals surface area contributed by atoms with E-state index in [0.717, 1.165) is 11.3 Å². The number of nitrogens with one attached hydrogen (secondary N) is 3. The summed E-state index contributed by atoms with van der Waals surface area (Å²) in [5, 5.41) is 9.27. The van der Waals surface area contributed by atoms with Crippen molar-refractivity contribution in [1.29, 1.82) is 0 Å². The van der Waals surface area contributed by atoms with Gasteiger partial charge in [-0.2, -0.15) is 0 Å². The zero-order chi connectivity index (χ0) is 21.8. The number of rotatable bonds is 11. The third-order valence-corrected chi connectivity index (χ3v) is 4.19. The second kappa shape index (κ2) is 12.4. The first kappa shape index (κ1) is 23.1. The Morgan fingerprint density at radius 2 is 1.87 bits per heavy atom. The molecule has 0 radical (unpaired) electrons. The van der Waals surface area contributed by atoms with Gasteiger partial charge in [0.05, 0.1) is 32.1 Å². The van der Waals surface area contributed by atoms with Crippen LogP contribution in [0.5, 0.6) is 11.5 Å². The lowest BCUT2D eigenvalue weighted by atomic mass is 10.1. The molecule has 0 fully saturated rings. The molecule has 0 saturated heterocycles. The minimum atomic E-state index is -0.184. The van der Waals surface area contributed by atoms with Crippen molar-refractivity contribution in [2.75, 3.05) is 26.3 Å². The fourth-order valence-corrected chi connectivity index (χ4v) is 2.75. The summed E-state index contributed by atoms with van der Waals surface area (Å²) < 4.78 is 16.5. The third kappa shape index (κ3) is 7.35. The highest BCUT2D eigenvalue weighted by Gasteiger charge is 2.13. The first-order chi connectivity index (χ1) is 14.6. The monoisotopic (exact) mass is 416 g/mol. The second-order valence-electron chi connectivity index (χ2n) is 6.49. The highest BCUT2D eigenvalue weighted by Crippen LogP contribution is 2.30. The molecular formula is C22H32N4O4. The molecule has 2 rings (SSSR count). The summed E-state index contributed by atoms with van der Waals surface area (Å²) in [6.07, 6.45) is 1.58. The number of carbonyl (C=O) groups excluding carboxylic acids is 1. The summed E-state index contributed by atoms with van der Waals surface area (Å²) >= 11 is 0. The number of benzene rings is 1. The van der Waals surface area contributed by atoms with Gasteiger partial charge in [0.1, 0.15) is 12.3 Å². The van der Waals surface area contributed by atoms with E-state index < -0.39 is 0 Å². The lowest BCUT2D eigenvalue weighted by Gasteiger charge is -2.20. The Kier molecular flexibility index (Phi) is 9.57. The Morgan fingerprint density at radius 3 is 2.53 bits per heavy atom. The summed E-state index contributed by atoms with van der Waals surface area (Å²) in [6, 6.07) is 9.41. The van der Waals surface area contributed by atoms with Crippen LogP contribution in [0.2, 0.25) is 0 Å². The average Bonchev–Trinajstić information content (AvgIpc) is 3.26. The van der Waals surface area contributed by atoms with Crippen molar-refractivity contribution in [1.82, 2.24) is 16.0 Å². The Labute approximate surface area is 178 Å². The van der Waals surface area contributed by atoms with Gasteiger partial charge in [-0.25, -0.2) is 4.99 Å². The van der Waals surface area contributed by atoms with Crippen molar-refractivity contribution in [3.63, 3.8) is 0 Å². The predicted molar refractivity (Wildman–Crippen MR) is 117 cm³/mol. The highest BCUT2D eigenvalue weighted by atomic mass is 16.5. The number of furan rings is 1. The number of hydrogen-bond acceptors (Lipinski definition) is 5. The first-order valence-electron chi connectivity index (χ1n) is 10.3. The lowest BCUT2D eigenvalue weighted by molar-refractivity contribution is -0.119. The minimum absolute atomic E-state index is 0.0102. The van der Waals surface area contributed by atoms with Crippen molar-refractivity contribution in [2.24, 2.45) is 4.99 Å². The summed E-state index contributed by atoms with van der Waals surface area (Å²) in [5.74, 6) is 2.52. The molecule has 1 aromatic carbocycles. The average molecular weight is 417 g/mol. The molecule has 0 saturated carbocycles. The van der Waals surface area contributed by atoms with Crippen LogP contribution in [0.1, 0.15) is 45.1 Å². The minimum Gasteiger partial charge on any atom is -0.490 e. The molecular weight excluding hydrogens is 384 g/mol. The molecule has 1 atom stereocenters. The third-order valence-electron chi connectivity index (χ3n) is 4.19. The van der Waals surface area contributed by atoms with Crippen LogP contribution in [0.3, 0.4) is 0 Å². The van der Waals surface area contributed by atoms with Gasteiger partial charge < -0.3 is 29.8 Å². The summed E-state index contributed by atoms with van der Waals surface area (Å²) in [7, 11) is 0. The predicted octanol–water partition coefficient (Wildman–Crippen LogP) is 3.01. The van der Waals surface area contributed by atoms with Crippen LogP contribution in [0, 0.1) is 0 Å². The van der Waals surface area contributed by atoms with Crippen molar-refractivity contribution >= 4 is 11.9 Å². The molecule has 3 N–H and O–H groups in total. The van der Waals surface area contributed by atoms with Crippen molar-refractivity contribution in [2.45, 2.75) is 40.3 Å². The Morgan fingerprint density at radius 1 is 1.10 bits per heavy atom. The van der Waals surface area contributed by atoms with Gasteiger partial charge in [0.25, 0.3) is 0 Å². The summed E-state index contributed by atoms with van der Waals surface area (Å²) in [6.45, 7) is 10.0. The van der Waals surface area contributed by atoms with Gasteiger partial charge in [-0.05, 0) is 57.5 Å². The van der Waals surface area contributed by atoms with Crippen LogP contribution in [-0.2, 0) is 11.3 Å².